The molecule has 24 heavy (non-hydrogen) atoms. The van der Waals surface area contributed by atoms with Crippen molar-refractivity contribution < 1.29 is 4.79 Å². The van der Waals surface area contributed by atoms with Crippen LogP contribution in [0.3, 0.4) is 0 Å². The summed E-state index contributed by atoms with van der Waals surface area (Å²) in [5.74, 6) is 0.587. The first kappa shape index (κ1) is 18.1. The van der Waals surface area contributed by atoms with E-state index in [1.807, 2.05) is 42.5 Å². The number of rotatable bonds is 7. The van der Waals surface area contributed by atoms with E-state index in [-0.39, 0.29) is 5.91 Å². The first-order valence-corrected chi connectivity index (χ1v) is 8.97. The lowest BCUT2D eigenvalue weighted by Crippen LogP contribution is -2.25. The van der Waals surface area contributed by atoms with Gasteiger partial charge in [-0.2, -0.15) is 5.26 Å². The molecule has 2 aromatic rings. The number of carbonyl (C=O) groups is 1. The monoisotopic (exact) mass is 338 g/mol. The molecule has 0 aliphatic rings. The molecular formula is C20H22N2OS. The van der Waals surface area contributed by atoms with E-state index in [9.17, 15) is 10.1 Å². The number of hydrogen-bond acceptors (Lipinski definition) is 3. The van der Waals surface area contributed by atoms with Gasteiger partial charge in [0.05, 0.1) is 11.1 Å². The van der Waals surface area contributed by atoms with Gasteiger partial charge in [0.25, 0.3) is 5.91 Å². The maximum absolute atomic E-state index is 12.5. The summed E-state index contributed by atoms with van der Waals surface area (Å²) in [7, 11) is 0. The van der Waals surface area contributed by atoms with Crippen LogP contribution in [0.1, 0.15) is 42.6 Å². The molecule has 0 aliphatic carbocycles. The van der Waals surface area contributed by atoms with Crippen LogP contribution in [0.25, 0.3) is 0 Å². The molecule has 1 N–H and O–H groups in total. The van der Waals surface area contributed by atoms with Gasteiger partial charge in [-0.25, -0.2) is 0 Å². The topological polar surface area (TPSA) is 52.9 Å². The summed E-state index contributed by atoms with van der Waals surface area (Å²) in [5, 5.41) is 12.2. The predicted molar refractivity (Wildman–Crippen MR) is 98.1 cm³/mol. The van der Waals surface area contributed by atoms with Crippen LogP contribution in [-0.2, 0) is 0 Å². The molecule has 0 unspecified atom stereocenters. The lowest BCUT2D eigenvalue weighted by Gasteiger charge is -2.11. The number of carbonyl (C=O) groups excluding carboxylic acids is 1. The van der Waals surface area contributed by atoms with Crippen LogP contribution in [0.4, 0.5) is 0 Å². The summed E-state index contributed by atoms with van der Waals surface area (Å²) in [6, 6.07) is 17.2. The predicted octanol–water partition coefficient (Wildman–Crippen LogP) is 4.88. The molecular weight excluding hydrogens is 316 g/mol. The minimum absolute atomic E-state index is 0.0590. The summed E-state index contributed by atoms with van der Waals surface area (Å²) in [6.07, 6.45) is 2.09. The van der Waals surface area contributed by atoms with Crippen molar-refractivity contribution in [3.05, 3.63) is 59.7 Å². The lowest BCUT2D eigenvalue weighted by molar-refractivity contribution is 0.0949. The Labute approximate surface area is 148 Å². The van der Waals surface area contributed by atoms with E-state index in [2.05, 4.69) is 25.2 Å². The summed E-state index contributed by atoms with van der Waals surface area (Å²) in [5.41, 5.74) is 1.27. The van der Waals surface area contributed by atoms with Crippen molar-refractivity contribution in [1.29, 1.82) is 5.26 Å². The molecule has 1 amide bonds. The Morgan fingerprint density at radius 3 is 2.50 bits per heavy atom. The second kappa shape index (κ2) is 9.14. The van der Waals surface area contributed by atoms with Gasteiger partial charge in [0.1, 0.15) is 6.07 Å². The van der Waals surface area contributed by atoms with Crippen molar-refractivity contribution in [3.63, 3.8) is 0 Å². The first-order valence-electron chi connectivity index (χ1n) is 8.16. The lowest BCUT2D eigenvalue weighted by atomic mass is 10.1. The van der Waals surface area contributed by atoms with Crippen LogP contribution in [0.2, 0.25) is 0 Å². The number of nitriles is 1. The smallest absolute Gasteiger partial charge is 0.252 e. The largest absolute Gasteiger partial charge is 0.352 e. The molecule has 3 nitrogen and oxygen atoms in total. The normalized spacial score (nSPS) is 10.4. The number of amides is 1. The second-order valence-corrected chi connectivity index (χ2v) is 7.08. The van der Waals surface area contributed by atoms with E-state index < -0.39 is 0 Å². The van der Waals surface area contributed by atoms with E-state index in [4.69, 9.17) is 0 Å². The Balaban J connectivity index is 2.10. The van der Waals surface area contributed by atoms with E-state index in [0.717, 1.165) is 22.6 Å². The van der Waals surface area contributed by atoms with Crippen molar-refractivity contribution in [2.75, 3.05) is 6.54 Å². The van der Waals surface area contributed by atoms with Crippen LogP contribution < -0.4 is 5.32 Å². The molecule has 2 aromatic carbocycles. The highest BCUT2D eigenvalue weighted by atomic mass is 32.2. The zero-order valence-corrected chi connectivity index (χ0v) is 14.9. The highest BCUT2D eigenvalue weighted by molar-refractivity contribution is 7.99. The van der Waals surface area contributed by atoms with Crippen molar-refractivity contribution in [3.8, 4) is 6.07 Å². The second-order valence-electron chi connectivity index (χ2n) is 6.00. The van der Waals surface area contributed by atoms with Gasteiger partial charge in [-0.3, -0.25) is 4.79 Å². The Bertz CT molecular complexity index is 734. The van der Waals surface area contributed by atoms with Crippen LogP contribution in [0, 0.1) is 17.2 Å². The molecule has 124 valence electrons. The fourth-order valence-electron chi connectivity index (χ4n) is 2.32. The molecule has 0 fully saturated rings. The molecule has 0 aliphatic heterocycles. The van der Waals surface area contributed by atoms with Crippen molar-refractivity contribution >= 4 is 17.7 Å². The van der Waals surface area contributed by atoms with Crippen LogP contribution in [0.15, 0.2) is 58.3 Å². The summed E-state index contributed by atoms with van der Waals surface area (Å²) in [6.45, 7) is 5.05. The van der Waals surface area contributed by atoms with Gasteiger partial charge in [0, 0.05) is 16.3 Å². The van der Waals surface area contributed by atoms with E-state index >= 15 is 0 Å². The van der Waals surface area contributed by atoms with Crippen LogP contribution in [-0.4, -0.2) is 12.5 Å². The zero-order valence-electron chi connectivity index (χ0n) is 14.1. The van der Waals surface area contributed by atoms with E-state index in [1.165, 1.54) is 11.8 Å². The minimum atomic E-state index is -0.0590. The third-order valence-electron chi connectivity index (χ3n) is 3.60. The highest BCUT2D eigenvalue weighted by Gasteiger charge is 2.13. The number of nitrogens with one attached hydrogen (secondary N) is 1. The quantitative estimate of drug-likeness (QED) is 0.732. The minimum Gasteiger partial charge on any atom is -0.352 e. The molecule has 4 heteroatoms. The molecule has 0 bridgehead atoms. The SMILES string of the molecule is CC(C)CCCNC(=O)c1ccccc1Sc1ccccc1C#N. The van der Waals surface area contributed by atoms with Crippen molar-refractivity contribution in [2.24, 2.45) is 5.92 Å². The van der Waals surface area contributed by atoms with Crippen molar-refractivity contribution in [2.45, 2.75) is 36.5 Å². The van der Waals surface area contributed by atoms with Gasteiger partial charge in [-0.05, 0) is 43.0 Å². The van der Waals surface area contributed by atoms with Gasteiger partial charge in [0.2, 0.25) is 0 Å². The molecule has 0 heterocycles. The molecule has 0 radical (unpaired) electrons. The average molecular weight is 338 g/mol. The number of nitrogens with zero attached hydrogens (tertiary/aromatic N) is 1. The molecule has 0 aromatic heterocycles. The Kier molecular flexibility index (Phi) is 6.89. The van der Waals surface area contributed by atoms with Gasteiger partial charge in [-0.15, -0.1) is 0 Å². The fourth-order valence-corrected chi connectivity index (χ4v) is 3.34. The molecule has 0 atom stereocenters. The Morgan fingerprint density at radius 1 is 1.12 bits per heavy atom. The Morgan fingerprint density at radius 2 is 1.79 bits per heavy atom. The highest BCUT2D eigenvalue weighted by Crippen LogP contribution is 2.32. The molecule has 0 spiro atoms. The van der Waals surface area contributed by atoms with Crippen LogP contribution >= 0.6 is 11.8 Å². The average Bonchev–Trinajstić information content (AvgIpc) is 2.59. The Hall–Kier alpha value is -2.25. The zero-order chi connectivity index (χ0) is 17.4. The summed E-state index contributed by atoms with van der Waals surface area (Å²) in [4.78, 5) is 14.2. The maximum atomic E-state index is 12.5. The molecule has 0 saturated heterocycles. The standard InChI is InChI=1S/C20H22N2OS/c1-15(2)8-7-13-22-20(23)17-10-4-6-12-19(17)24-18-11-5-3-9-16(18)14-21/h3-6,9-12,15H,7-8,13H2,1-2H3,(H,22,23). The summed E-state index contributed by atoms with van der Waals surface area (Å²) >= 11 is 1.45. The van der Waals surface area contributed by atoms with Gasteiger partial charge in [0.15, 0.2) is 0 Å². The van der Waals surface area contributed by atoms with Crippen LogP contribution in [0.5, 0.6) is 0 Å². The molecule has 2 rings (SSSR count). The van der Waals surface area contributed by atoms with Gasteiger partial charge < -0.3 is 5.32 Å². The van der Waals surface area contributed by atoms with E-state index in [0.29, 0.717) is 23.6 Å². The number of benzene rings is 2. The molecule has 0 saturated carbocycles. The first-order chi connectivity index (χ1) is 11.6. The number of hydrogen-bond donors (Lipinski definition) is 1. The third-order valence-corrected chi connectivity index (χ3v) is 4.75. The third kappa shape index (κ3) is 5.14. The van der Waals surface area contributed by atoms with Gasteiger partial charge in [-0.1, -0.05) is 49.9 Å². The van der Waals surface area contributed by atoms with Crippen molar-refractivity contribution in [1.82, 2.24) is 5.32 Å². The van der Waals surface area contributed by atoms with E-state index in [1.54, 1.807) is 6.07 Å². The summed E-state index contributed by atoms with van der Waals surface area (Å²) < 4.78 is 0. The fraction of sp³-hybridized carbons (Fsp3) is 0.300. The van der Waals surface area contributed by atoms with Gasteiger partial charge >= 0.3 is 0 Å². The maximum Gasteiger partial charge on any atom is 0.252 e.